The Labute approximate surface area is 95.2 Å². The molecule has 8 heteroatoms. The van der Waals surface area contributed by atoms with Gasteiger partial charge < -0.3 is 9.80 Å². The highest BCUT2D eigenvalue weighted by Crippen LogP contribution is 2.37. The average Bonchev–Trinajstić information content (AvgIpc) is 2.19. The Bertz CT molecular complexity index is 304. The summed E-state index contributed by atoms with van der Waals surface area (Å²) in [5.41, 5.74) is 0. The maximum Gasteiger partial charge on any atom is 0.463 e. The van der Waals surface area contributed by atoms with Crippen LogP contribution in [0, 0.1) is 0 Å². The fourth-order valence-electron chi connectivity index (χ4n) is 1.55. The van der Waals surface area contributed by atoms with E-state index in [4.69, 9.17) is 0 Å². The monoisotopic (exact) mass is 260 g/mol. The van der Waals surface area contributed by atoms with Crippen LogP contribution in [-0.4, -0.2) is 60.5 Å². The average molecular weight is 260 g/mol. The zero-order valence-corrected chi connectivity index (χ0v) is 9.39. The Hall–Kier alpha value is -0.920. The van der Waals surface area contributed by atoms with Gasteiger partial charge in [0, 0.05) is 25.7 Å². The second-order valence-corrected chi connectivity index (χ2v) is 4.15. The lowest BCUT2D eigenvalue weighted by Gasteiger charge is -2.39. The minimum atomic E-state index is -5.84. The molecule has 1 unspecified atom stereocenters. The SMILES string of the molecule is CC1CN(C(=O)C(F)(F)C(F)(F)F)CCN1C. The number of rotatable bonds is 1. The van der Waals surface area contributed by atoms with Gasteiger partial charge in [-0.05, 0) is 14.0 Å². The van der Waals surface area contributed by atoms with Crippen molar-refractivity contribution >= 4 is 5.91 Å². The van der Waals surface area contributed by atoms with Crippen molar-refractivity contribution < 1.29 is 26.7 Å². The summed E-state index contributed by atoms with van der Waals surface area (Å²) in [5, 5.41) is 0. The third-order valence-corrected chi connectivity index (χ3v) is 2.87. The van der Waals surface area contributed by atoms with Gasteiger partial charge in [0.25, 0.3) is 0 Å². The number of halogens is 5. The van der Waals surface area contributed by atoms with E-state index in [-0.39, 0.29) is 25.7 Å². The third-order valence-electron chi connectivity index (χ3n) is 2.87. The summed E-state index contributed by atoms with van der Waals surface area (Å²) < 4.78 is 61.6. The first-order chi connectivity index (χ1) is 7.57. The van der Waals surface area contributed by atoms with Crippen molar-refractivity contribution in [3.63, 3.8) is 0 Å². The third kappa shape index (κ3) is 2.67. The molecule has 0 aromatic heterocycles. The van der Waals surface area contributed by atoms with Gasteiger partial charge >= 0.3 is 18.0 Å². The first-order valence-electron chi connectivity index (χ1n) is 5.01. The quantitative estimate of drug-likeness (QED) is 0.664. The molecule has 0 aromatic rings. The molecule has 1 aliphatic heterocycles. The summed E-state index contributed by atoms with van der Waals surface area (Å²) in [6.45, 7) is 1.69. The van der Waals surface area contributed by atoms with Gasteiger partial charge in [0.05, 0.1) is 0 Å². The van der Waals surface area contributed by atoms with Crippen molar-refractivity contribution in [3.8, 4) is 0 Å². The van der Waals surface area contributed by atoms with Crippen LogP contribution in [0.2, 0.25) is 0 Å². The lowest BCUT2D eigenvalue weighted by Crippen LogP contribution is -2.59. The van der Waals surface area contributed by atoms with E-state index in [1.165, 1.54) is 0 Å². The summed E-state index contributed by atoms with van der Waals surface area (Å²) in [4.78, 5) is 13.5. The van der Waals surface area contributed by atoms with E-state index in [9.17, 15) is 26.7 Å². The van der Waals surface area contributed by atoms with E-state index in [1.54, 1.807) is 18.9 Å². The van der Waals surface area contributed by atoms with Crippen LogP contribution in [0.15, 0.2) is 0 Å². The summed E-state index contributed by atoms with van der Waals surface area (Å²) in [7, 11) is 1.72. The molecule has 0 N–H and O–H groups in total. The normalized spacial score (nSPS) is 23.9. The molecule has 0 aromatic carbocycles. The van der Waals surface area contributed by atoms with Crippen LogP contribution in [-0.2, 0) is 4.79 Å². The number of hydrogen-bond donors (Lipinski definition) is 0. The number of amides is 1. The van der Waals surface area contributed by atoms with E-state index in [2.05, 4.69) is 0 Å². The molecule has 1 amide bonds. The molecule has 1 atom stereocenters. The topological polar surface area (TPSA) is 23.6 Å². The highest BCUT2D eigenvalue weighted by atomic mass is 19.4. The molecular weight excluding hydrogens is 247 g/mol. The van der Waals surface area contributed by atoms with Gasteiger partial charge in [-0.25, -0.2) is 0 Å². The number of carbonyl (C=O) groups is 1. The predicted octanol–water partition coefficient (Wildman–Crippen LogP) is 1.35. The standard InChI is InChI=1S/C9H13F5N2O/c1-6-5-16(4-3-15(6)2)7(17)8(10,11)9(12,13)14/h6H,3-5H2,1-2H3. The van der Waals surface area contributed by atoms with Crippen LogP contribution in [0.1, 0.15) is 6.92 Å². The molecular formula is C9H13F5N2O. The van der Waals surface area contributed by atoms with E-state index in [1.807, 2.05) is 0 Å². The van der Waals surface area contributed by atoms with Gasteiger partial charge in [0.2, 0.25) is 0 Å². The van der Waals surface area contributed by atoms with Crippen LogP contribution < -0.4 is 0 Å². The van der Waals surface area contributed by atoms with Crippen molar-refractivity contribution in [1.29, 1.82) is 0 Å². The minimum absolute atomic E-state index is 0.120. The summed E-state index contributed by atoms with van der Waals surface area (Å²) in [6.07, 6.45) is -5.84. The molecule has 3 nitrogen and oxygen atoms in total. The number of likely N-dealkylation sites (N-methyl/N-ethyl adjacent to an activating group) is 1. The molecule has 100 valence electrons. The van der Waals surface area contributed by atoms with Gasteiger partial charge in [-0.3, -0.25) is 4.79 Å². The molecule has 1 fully saturated rings. The Balaban J connectivity index is 2.78. The Morgan fingerprint density at radius 1 is 1.18 bits per heavy atom. The lowest BCUT2D eigenvalue weighted by atomic mass is 10.1. The molecule has 17 heavy (non-hydrogen) atoms. The largest absolute Gasteiger partial charge is 0.463 e. The van der Waals surface area contributed by atoms with E-state index < -0.39 is 18.0 Å². The van der Waals surface area contributed by atoms with Crippen molar-refractivity contribution in [3.05, 3.63) is 0 Å². The van der Waals surface area contributed by atoms with E-state index >= 15 is 0 Å². The van der Waals surface area contributed by atoms with E-state index in [0.717, 1.165) is 0 Å². The predicted molar refractivity (Wildman–Crippen MR) is 49.7 cm³/mol. The number of nitrogens with zero attached hydrogens (tertiary/aromatic N) is 2. The summed E-state index contributed by atoms with van der Waals surface area (Å²) in [5.74, 6) is -7.47. The van der Waals surface area contributed by atoms with Gasteiger partial charge in [0.1, 0.15) is 0 Å². The molecule has 1 heterocycles. The fourth-order valence-corrected chi connectivity index (χ4v) is 1.55. The molecule has 0 bridgehead atoms. The number of carbonyl (C=O) groups excluding carboxylic acids is 1. The Kier molecular flexibility index (Phi) is 3.66. The van der Waals surface area contributed by atoms with Gasteiger partial charge in [-0.15, -0.1) is 0 Å². The molecule has 1 rings (SSSR count). The van der Waals surface area contributed by atoms with E-state index in [0.29, 0.717) is 4.90 Å². The van der Waals surface area contributed by atoms with Crippen LogP contribution in [0.25, 0.3) is 0 Å². The van der Waals surface area contributed by atoms with Crippen molar-refractivity contribution in [2.24, 2.45) is 0 Å². The smallest absolute Gasteiger partial charge is 0.334 e. The van der Waals surface area contributed by atoms with Crippen LogP contribution in [0.3, 0.4) is 0 Å². The van der Waals surface area contributed by atoms with Crippen LogP contribution in [0.4, 0.5) is 22.0 Å². The fraction of sp³-hybridized carbons (Fsp3) is 0.889. The molecule has 1 saturated heterocycles. The summed E-state index contributed by atoms with van der Waals surface area (Å²) >= 11 is 0. The van der Waals surface area contributed by atoms with Crippen LogP contribution in [0.5, 0.6) is 0 Å². The van der Waals surface area contributed by atoms with Crippen molar-refractivity contribution in [2.75, 3.05) is 26.7 Å². The maximum absolute atomic E-state index is 12.8. The Morgan fingerprint density at radius 3 is 2.12 bits per heavy atom. The highest BCUT2D eigenvalue weighted by Gasteiger charge is 2.64. The zero-order valence-electron chi connectivity index (χ0n) is 9.39. The molecule has 0 spiro atoms. The van der Waals surface area contributed by atoms with Gasteiger partial charge in [0.15, 0.2) is 0 Å². The number of alkyl halides is 5. The second-order valence-electron chi connectivity index (χ2n) is 4.15. The summed E-state index contributed by atoms with van der Waals surface area (Å²) in [6, 6.07) is -0.239. The number of hydrogen-bond acceptors (Lipinski definition) is 2. The molecule has 1 aliphatic rings. The highest BCUT2D eigenvalue weighted by molar-refractivity contribution is 5.84. The molecule has 0 radical (unpaired) electrons. The van der Waals surface area contributed by atoms with Gasteiger partial charge in [-0.1, -0.05) is 0 Å². The minimum Gasteiger partial charge on any atom is -0.334 e. The number of piperazine rings is 1. The molecule has 0 aliphatic carbocycles. The zero-order chi connectivity index (χ0) is 13.4. The molecule has 0 saturated carbocycles. The first-order valence-corrected chi connectivity index (χ1v) is 5.01. The lowest BCUT2D eigenvalue weighted by molar-refractivity contribution is -0.275. The van der Waals surface area contributed by atoms with Crippen molar-refractivity contribution in [2.45, 2.75) is 25.1 Å². The maximum atomic E-state index is 12.8. The first kappa shape index (κ1) is 14.1. The second kappa shape index (κ2) is 4.40. The van der Waals surface area contributed by atoms with Crippen LogP contribution >= 0.6 is 0 Å². The van der Waals surface area contributed by atoms with Crippen molar-refractivity contribution in [1.82, 2.24) is 9.80 Å². The van der Waals surface area contributed by atoms with Gasteiger partial charge in [-0.2, -0.15) is 22.0 Å². The Morgan fingerprint density at radius 2 is 1.71 bits per heavy atom.